The normalized spacial score (nSPS) is 12.5. The molecule has 0 saturated carbocycles. The van der Waals surface area contributed by atoms with Crippen molar-refractivity contribution in [2.75, 3.05) is 6.79 Å². The van der Waals surface area contributed by atoms with Crippen molar-refractivity contribution in [3.63, 3.8) is 0 Å². The van der Waals surface area contributed by atoms with Crippen LogP contribution in [0.4, 0.5) is 0 Å². The van der Waals surface area contributed by atoms with Crippen molar-refractivity contribution < 1.29 is 18.7 Å². The number of hydrogen-bond acceptors (Lipinski definition) is 7. The van der Waals surface area contributed by atoms with Crippen molar-refractivity contribution in [2.24, 2.45) is 0 Å². The second-order valence-corrected chi connectivity index (χ2v) is 8.24. The van der Waals surface area contributed by atoms with E-state index in [-0.39, 0.29) is 25.0 Å². The van der Waals surface area contributed by atoms with Crippen molar-refractivity contribution in [1.82, 2.24) is 14.3 Å². The van der Waals surface area contributed by atoms with Crippen LogP contribution in [-0.2, 0) is 13.1 Å². The van der Waals surface area contributed by atoms with E-state index >= 15 is 0 Å². The summed E-state index contributed by atoms with van der Waals surface area (Å²) in [5.74, 6) is 0.842. The summed E-state index contributed by atoms with van der Waals surface area (Å²) in [6, 6.07) is 11.3. The predicted molar refractivity (Wildman–Crippen MR) is 114 cm³/mol. The molecule has 1 aliphatic rings. The Balaban J connectivity index is 1.38. The first-order valence-electron chi connectivity index (χ1n) is 9.70. The fourth-order valence-corrected chi connectivity index (χ4v) is 4.32. The fraction of sp³-hybridized carbons (Fsp3) is 0.227. The monoisotopic (exact) mass is 437 g/mol. The Morgan fingerprint density at radius 2 is 2.00 bits per heavy atom. The highest BCUT2D eigenvalue weighted by atomic mass is 32.1. The number of ketones is 1. The molecule has 1 aromatic carbocycles. The quantitative estimate of drug-likeness (QED) is 0.428. The number of Topliss-reactive ketones (excluding diaryl/α,β-unsaturated/α-hetero) is 1. The lowest BCUT2D eigenvalue weighted by molar-refractivity contribution is 0.0964. The molecule has 3 aromatic heterocycles. The van der Waals surface area contributed by atoms with Gasteiger partial charge in [0.1, 0.15) is 6.54 Å². The summed E-state index contributed by atoms with van der Waals surface area (Å²) in [6.45, 7) is 4.49. The summed E-state index contributed by atoms with van der Waals surface area (Å²) in [5.41, 5.74) is 3.38. The van der Waals surface area contributed by atoms with Gasteiger partial charge in [0.05, 0.1) is 4.88 Å². The van der Waals surface area contributed by atoms with Crippen molar-refractivity contribution >= 4 is 17.1 Å². The number of benzene rings is 1. The zero-order valence-corrected chi connectivity index (χ0v) is 17.8. The fourth-order valence-electron chi connectivity index (χ4n) is 3.68. The number of carbonyl (C=O) groups is 1. The van der Waals surface area contributed by atoms with Crippen molar-refractivity contribution in [3.8, 4) is 22.3 Å². The number of thiophene rings is 1. The van der Waals surface area contributed by atoms with E-state index in [9.17, 15) is 9.59 Å². The molecule has 4 aromatic rings. The molecule has 0 amide bonds. The minimum absolute atomic E-state index is 0.179. The summed E-state index contributed by atoms with van der Waals surface area (Å²) in [5, 5.41) is 6.04. The molecule has 0 N–H and O–H groups in total. The number of hydrogen-bond donors (Lipinski definition) is 0. The largest absolute Gasteiger partial charge is 0.454 e. The summed E-state index contributed by atoms with van der Waals surface area (Å²) in [7, 11) is 0. The number of ether oxygens (including phenoxy) is 2. The van der Waals surface area contributed by atoms with Crippen molar-refractivity contribution in [3.05, 3.63) is 74.8 Å². The van der Waals surface area contributed by atoms with E-state index in [4.69, 9.17) is 13.9 Å². The first-order valence-corrected chi connectivity index (χ1v) is 10.6. The van der Waals surface area contributed by atoms with Crippen LogP contribution in [0.3, 0.4) is 0 Å². The maximum Gasteiger partial charge on any atom is 0.437 e. The van der Waals surface area contributed by atoms with Gasteiger partial charge in [-0.3, -0.25) is 4.79 Å². The van der Waals surface area contributed by atoms with Gasteiger partial charge >= 0.3 is 5.76 Å². The highest BCUT2D eigenvalue weighted by Crippen LogP contribution is 2.33. The van der Waals surface area contributed by atoms with E-state index in [1.807, 2.05) is 55.6 Å². The lowest BCUT2D eigenvalue weighted by Gasteiger charge is -2.10. The molecule has 0 atom stereocenters. The molecular weight excluding hydrogens is 418 g/mol. The van der Waals surface area contributed by atoms with Crippen LogP contribution in [0.5, 0.6) is 11.5 Å². The third kappa shape index (κ3) is 3.57. The highest BCUT2D eigenvalue weighted by molar-refractivity contribution is 7.13. The number of aromatic nitrogens is 3. The minimum atomic E-state index is -0.647. The van der Waals surface area contributed by atoms with E-state index in [1.165, 1.54) is 11.3 Å². The lowest BCUT2D eigenvalue weighted by Crippen LogP contribution is -2.22. The Morgan fingerprint density at radius 3 is 2.81 bits per heavy atom. The predicted octanol–water partition coefficient (Wildman–Crippen LogP) is 3.64. The van der Waals surface area contributed by atoms with Gasteiger partial charge in [0, 0.05) is 23.5 Å². The van der Waals surface area contributed by atoms with E-state index in [2.05, 4.69) is 9.67 Å². The topological polar surface area (TPSA) is 88.5 Å². The Hall–Kier alpha value is -3.59. The molecule has 4 heterocycles. The van der Waals surface area contributed by atoms with Gasteiger partial charge in [-0.05, 0) is 49.1 Å². The molecule has 9 heteroatoms. The second-order valence-electron chi connectivity index (χ2n) is 7.29. The van der Waals surface area contributed by atoms with Crippen LogP contribution in [0.2, 0.25) is 0 Å². The van der Waals surface area contributed by atoms with Gasteiger partial charge in [0.15, 0.2) is 17.3 Å². The van der Waals surface area contributed by atoms with Gasteiger partial charge in [0.2, 0.25) is 6.79 Å². The van der Waals surface area contributed by atoms with Crippen molar-refractivity contribution in [2.45, 2.75) is 26.9 Å². The number of fused-ring (bicyclic) bond motifs is 1. The van der Waals surface area contributed by atoms with Crippen LogP contribution in [0, 0.1) is 13.8 Å². The van der Waals surface area contributed by atoms with Crippen LogP contribution in [0.25, 0.3) is 10.8 Å². The van der Waals surface area contributed by atoms with Gasteiger partial charge in [-0.2, -0.15) is 4.68 Å². The SMILES string of the molecule is Cc1cc(C(=O)Cn2nc(-c3cccs3)oc2=O)c(C)n1Cc1ccc2c(c1)OCO2. The van der Waals surface area contributed by atoms with Gasteiger partial charge in [-0.1, -0.05) is 12.1 Å². The van der Waals surface area contributed by atoms with E-state index in [0.717, 1.165) is 38.0 Å². The van der Waals surface area contributed by atoms with Crippen LogP contribution < -0.4 is 15.2 Å². The Kier molecular flexibility index (Phi) is 4.74. The number of aryl methyl sites for hydroxylation is 1. The van der Waals surface area contributed by atoms with Gasteiger partial charge in [-0.25, -0.2) is 4.79 Å². The summed E-state index contributed by atoms with van der Waals surface area (Å²) < 4.78 is 19.1. The number of carbonyl (C=O) groups excluding carboxylic acids is 1. The third-order valence-corrected chi connectivity index (χ3v) is 6.14. The smallest absolute Gasteiger partial charge is 0.437 e. The average Bonchev–Trinajstić information content (AvgIpc) is 3.53. The van der Waals surface area contributed by atoms with Crippen molar-refractivity contribution in [1.29, 1.82) is 0 Å². The molecule has 0 fully saturated rings. The highest BCUT2D eigenvalue weighted by Gasteiger charge is 2.20. The standard InChI is InChI=1S/C22H19N3O5S/c1-13-8-16(14(2)24(13)10-15-5-6-18-19(9-15)29-12-28-18)17(26)11-25-22(27)30-21(23-25)20-4-3-7-31-20/h3-9H,10-12H2,1-2H3. The summed E-state index contributed by atoms with van der Waals surface area (Å²) in [4.78, 5) is 25.9. The Labute approximate surface area is 181 Å². The molecule has 8 nitrogen and oxygen atoms in total. The summed E-state index contributed by atoms with van der Waals surface area (Å²) in [6.07, 6.45) is 0. The molecule has 31 heavy (non-hydrogen) atoms. The average molecular weight is 437 g/mol. The van der Waals surface area contributed by atoms with Gasteiger partial charge in [0.25, 0.3) is 5.89 Å². The Morgan fingerprint density at radius 1 is 1.16 bits per heavy atom. The number of rotatable bonds is 6. The van der Waals surface area contributed by atoms with Crippen LogP contribution >= 0.6 is 11.3 Å². The molecule has 0 aliphatic carbocycles. The zero-order valence-electron chi connectivity index (χ0n) is 17.0. The maximum atomic E-state index is 13.0. The summed E-state index contributed by atoms with van der Waals surface area (Å²) >= 11 is 1.42. The molecule has 0 bridgehead atoms. The molecule has 0 saturated heterocycles. The molecular formula is C22H19N3O5S. The van der Waals surface area contributed by atoms with E-state index in [0.29, 0.717) is 12.1 Å². The zero-order chi connectivity index (χ0) is 21.5. The minimum Gasteiger partial charge on any atom is -0.454 e. The van der Waals surface area contributed by atoms with Gasteiger partial charge in [-0.15, -0.1) is 16.4 Å². The number of nitrogens with zero attached hydrogens (tertiary/aromatic N) is 3. The molecule has 0 unspecified atom stereocenters. The second kappa shape index (κ2) is 7.59. The third-order valence-electron chi connectivity index (χ3n) is 5.28. The van der Waals surface area contributed by atoms with E-state index < -0.39 is 5.76 Å². The molecule has 5 rings (SSSR count). The first kappa shape index (κ1) is 19.4. The lowest BCUT2D eigenvalue weighted by atomic mass is 10.1. The molecule has 0 radical (unpaired) electrons. The maximum absolute atomic E-state index is 13.0. The first-order chi connectivity index (χ1) is 15.0. The molecule has 0 spiro atoms. The van der Waals surface area contributed by atoms with Gasteiger partial charge < -0.3 is 18.5 Å². The van der Waals surface area contributed by atoms with E-state index in [1.54, 1.807) is 0 Å². The molecule has 158 valence electrons. The van der Waals surface area contributed by atoms with Crippen LogP contribution in [0.1, 0.15) is 27.3 Å². The van der Waals surface area contributed by atoms with Crippen LogP contribution in [0.15, 0.2) is 51.0 Å². The van der Waals surface area contributed by atoms with Crippen LogP contribution in [-0.4, -0.2) is 26.9 Å². The Bertz CT molecular complexity index is 1330. The molecule has 1 aliphatic heterocycles.